The van der Waals surface area contributed by atoms with E-state index in [9.17, 15) is 4.79 Å². The SMILES string of the molecule is Cc1ccc(OCC(=O)Oc2ccc(Cl)cc2C)c(Br)c1. The third-order valence-electron chi connectivity index (χ3n) is 2.79. The Morgan fingerprint density at radius 2 is 1.86 bits per heavy atom. The molecule has 0 atom stereocenters. The zero-order valence-electron chi connectivity index (χ0n) is 11.7. The van der Waals surface area contributed by atoms with Crippen LogP contribution in [0, 0.1) is 13.8 Å². The second-order valence-electron chi connectivity index (χ2n) is 4.61. The second kappa shape index (κ2) is 6.96. The van der Waals surface area contributed by atoms with Crippen LogP contribution in [0.25, 0.3) is 0 Å². The fourth-order valence-electron chi connectivity index (χ4n) is 1.74. The van der Waals surface area contributed by atoms with Gasteiger partial charge in [-0.3, -0.25) is 0 Å². The number of ether oxygens (including phenoxy) is 2. The van der Waals surface area contributed by atoms with Gasteiger partial charge in [-0.2, -0.15) is 0 Å². The Morgan fingerprint density at radius 1 is 1.14 bits per heavy atom. The summed E-state index contributed by atoms with van der Waals surface area (Å²) in [6, 6.07) is 10.7. The summed E-state index contributed by atoms with van der Waals surface area (Å²) < 4.78 is 11.5. The number of hydrogen-bond donors (Lipinski definition) is 0. The molecule has 2 rings (SSSR count). The molecular weight excluding hydrogens is 356 g/mol. The first-order valence-electron chi connectivity index (χ1n) is 6.31. The van der Waals surface area contributed by atoms with Gasteiger partial charge in [-0.1, -0.05) is 17.7 Å². The minimum atomic E-state index is -0.465. The Labute approximate surface area is 137 Å². The van der Waals surface area contributed by atoms with Gasteiger partial charge in [0.05, 0.1) is 4.47 Å². The average molecular weight is 370 g/mol. The molecule has 21 heavy (non-hydrogen) atoms. The van der Waals surface area contributed by atoms with Gasteiger partial charge in [-0.25, -0.2) is 4.79 Å². The maximum absolute atomic E-state index is 11.8. The molecule has 110 valence electrons. The molecule has 5 heteroatoms. The van der Waals surface area contributed by atoms with Crippen LogP contribution < -0.4 is 9.47 Å². The standard InChI is InChI=1S/C16H14BrClO3/c1-10-3-5-15(13(17)7-10)20-9-16(19)21-14-6-4-12(18)8-11(14)2/h3-8H,9H2,1-2H3. The van der Waals surface area contributed by atoms with Gasteiger partial charge in [0.2, 0.25) is 0 Å². The zero-order valence-corrected chi connectivity index (χ0v) is 14.0. The number of hydrogen-bond acceptors (Lipinski definition) is 3. The number of esters is 1. The summed E-state index contributed by atoms with van der Waals surface area (Å²) in [6.45, 7) is 3.64. The van der Waals surface area contributed by atoms with Gasteiger partial charge in [-0.15, -0.1) is 0 Å². The van der Waals surface area contributed by atoms with Crippen molar-refractivity contribution in [3.8, 4) is 11.5 Å². The lowest BCUT2D eigenvalue weighted by Gasteiger charge is -2.10. The topological polar surface area (TPSA) is 35.5 Å². The van der Waals surface area contributed by atoms with Gasteiger partial charge in [-0.05, 0) is 71.2 Å². The van der Waals surface area contributed by atoms with Crippen LogP contribution in [0.2, 0.25) is 5.02 Å². The molecule has 0 spiro atoms. The van der Waals surface area contributed by atoms with E-state index in [1.165, 1.54) is 0 Å². The Bertz CT molecular complexity index is 671. The van der Waals surface area contributed by atoms with Crippen molar-refractivity contribution in [2.75, 3.05) is 6.61 Å². The molecule has 0 bridgehead atoms. The van der Waals surface area contributed by atoms with Gasteiger partial charge in [0.15, 0.2) is 6.61 Å². The quantitative estimate of drug-likeness (QED) is 0.578. The first kappa shape index (κ1) is 15.9. The molecule has 0 aliphatic carbocycles. The van der Waals surface area contributed by atoms with Crippen molar-refractivity contribution in [1.29, 1.82) is 0 Å². The van der Waals surface area contributed by atoms with Crippen LogP contribution in [0.15, 0.2) is 40.9 Å². The molecule has 2 aromatic carbocycles. The van der Waals surface area contributed by atoms with Crippen molar-refractivity contribution in [3.63, 3.8) is 0 Å². The van der Waals surface area contributed by atoms with E-state index in [1.807, 2.05) is 26.0 Å². The summed E-state index contributed by atoms with van der Waals surface area (Å²) in [6.07, 6.45) is 0. The summed E-state index contributed by atoms with van der Waals surface area (Å²) >= 11 is 9.25. The smallest absolute Gasteiger partial charge is 0.349 e. The van der Waals surface area contributed by atoms with Gasteiger partial charge < -0.3 is 9.47 Å². The molecule has 3 nitrogen and oxygen atoms in total. The van der Waals surface area contributed by atoms with Crippen LogP contribution >= 0.6 is 27.5 Å². The fraction of sp³-hybridized carbons (Fsp3) is 0.188. The minimum absolute atomic E-state index is 0.163. The van der Waals surface area contributed by atoms with Crippen LogP contribution in [-0.2, 0) is 4.79 Å². The molecule has 0 aliphatic rings. The molecule has 2 aromatic rings. The molecule has 0 heterocycles. The Morgan fingerprint density at radius 3 is 2.52 bits per heavy atom. The Kier molecular flexibility index (Phi) is 5.26. The van der Waals surface area contributed by atoms with Crippen molar-refractivity contribution < 1.29 is 14.3 Å². The third-order valence-corrected chi connectivity index (χ3v) is 3.65. The monoisotopic (exact) mass is 368 g/mol. The highest BCUT2D eigenvalue weighted by atomic mass is 79.9. The molecule has 0 fully saturated rings. The molecule has 0 aliphatic heterocycles. The number of benzene rings is 2. The fourth-order valence-corrected chi connectivity index (χ4v) is 2.57. The second-order valence-corrected chi connectivity index (χ2v) is 5.90. The predicted octanol–water partition coefficient (Wildman–Crippen LogP) is 4.70. The third kappa shape index (κ3) is 4.48. The molecular formula is C16H14BrClO3. The summed E-state index contributed by atoms with van der Waals surface area (Å²) in [7, 11) is 0. The van der Waals surface area contributed by atoms with Crippen LogP contribution in [0.4, 0.5) is 0 Å². The summed E-state index contributed by atoms with van der Waals surface area (Å²) in [5.41, 5.74) is 1.90. The summed E-state index contributed by atoms with van der Waals surface area (Å²) in [4.78, 5) is 11.8. The molecule has 0 saturated carbocycles. The van der Waals surface area contributed by atoms with Crippen LogP contribution in [-0.4, -0.2) is 12.6 Å². The lowest BCUT2D eigenvalue weighted by molar-refractivity contribution is -0.136. The zero-order chi connectivity index (χ0) is 15.4. The van der Waals surface area contributed by atoms with Crippen molar-refractivity contribution in [3.05, 3.63) is 57.0 Å². The van der Waals surface area contributed by atoms with Crippen molar-refractivity contribution in [2.45, 2.75) is 13.8 Å². The highest BCUT2D eigenvalue weighted by Crippen LogP contribution is 2.26. The lowest BCUT2D eigenvalue weighted by Crippen LogP contribution is -2.18. The first-order valence-corrected chi connectivity index (χ1v) is 7.48. The van der Waals surface area contributed by atoms with Crippen LogP contribution in [0.1, 0.15) is 11.1 Å². The summed E-state index contributed by atoms with van der Waals surface area (Å²) in [5, 5.41) is 0.604. The predicted molar refractivity (Wildman–Crippen MR) is 86.2 cm³/mol. The van der Waals surface area contributed by atoms with Crippen molar-refractivity contribution >= 4 is 33.5 Å². The minimum Gasteiger partial charge on any atom is -0.481 e. The number of rotatable bonds is 4. The van der Waals surface area contributed by atoms with E-state index in [0.717, 1.165) is 15.6 Å². The van der Waals surface area contributed by atoms with Gasteiger partial charge >= 0.3 is 5.97 Å². The van der Waals surface area contributed by atoms with E-state index in [1.54, 1.807) is 24.3 Å². The van der Waals surface area contributed by atoms with Crippen LogP contribution in [0.3, 0.4) is 0 Å². The van der Waals surface area contributed by atoms with E-state index in [2.05, 4.69) is 15.9 Å². The summed E-state index contributed by atoms with van der Waals surface area (Å²) in [5.74, 6) is 0.620. The van der Waals surface area contributed by atoms with Crippen LogP contribution in [0.5, 0.6) is 11.5 Å². The Hall–Kier alpha value is -1.52. The molecule has 0 aromatic heterocycles. The van der Waals surface area contributed by atoms with E-state index < -0.39 is 5.97 Å². The van der Waals surface area contributed by atoms with Crippen molar-refractivity contribution in [1.82, 2.24) is 0 Å². The normalized spacial score (nSPS) is 10.3. The van der Waals surface area contributed by atoms with E-state index in [0.29, 0.717) is 16.5 Å². The van der Waals surface area contributed by atoms with E-state index in [4.69, 9.17) is 21.1 Å². The highest BCUT2D eigenvalue weighted by molar-refractivity contribution is 9.10. The molecule has 0 radical (unpaired) electrons. The number of carbonyl (C=O) groups excluding carboxylic acids is 1. The van der Waals surface area contributed by atoms with Gasteiger partial charge in [0.25, 0.3) is 0 Å². The Balaban J connectivity index is 1.96. The maximum atomic E-state index is 11.8. The number of aryl methyl sites for hydroxylation is 2. The lowest BCUT2D eigenvalue weighted by atomic mass is 10.2. The van der Waals surface area contributed by atoms with Crippen molar-refractivity contribution in [2.24, 2.45) is 0 Å². The highest BCUT2D eigenvalue weighted by Gasteiger charge is 2.10. The number of carbonyl (C=O) groups is 1. The molecule has 0 saturated heterocycles. The number of halogens is 2. The largest absolute Gasteiger partial charge is 0.481 e. The van der Waals surface area contributed by atoms with Gasteiger partial charge in [0.1, 0.15) is 11.5 Å². The molecule has 0 unspecified atom stereocenters. The van der Waals surface area contributed by atoms with E-state index in [-0.39, 0.29) is 6.61 Å². The molecule has 0 amide bonds. The van der Waals surface area contributed by atoms with E-state index >= 15 is 0 Å². The average Bonchev–Trinajstić information content (AvgIpc) is 2.41. The van der Waals surface area contributed by atoms with Gasteiger partial charge in [0, 0.05) is 5.02 Å². The maximum Gasteiger partial charge on any atom is 0.349 e. The first-order chi connectivity index (χ1) is 9.95. The molecule has 0 N–H and O–H groups in total.